The number of carbonyl (C=O) groups is 1. The second-order valence-corrected chi connectivity index (χ2v) is 5.05. The summed E-state index contributed by atoms with van der Waals surface area (Å²) in [5, 5.41) is 5.96. The predicted octanol–water partition coefficient (Wildman–Crippen LogP) is 0.735. The van der Waals surface area contributed by atoms with Crippen LogP contribution in [-0.2, 0) is 13.0 Å². The molecule has 1 saturated heterocycles. The third-order valence-electron chi connectivity index (χ3n) is 3.79. The molecule has 2 amide bonds. The topological polar surface area (TPSA) is 53.6 Å². The van der Waals surface area contributed by atoms with E-state index in [1.165, 1.54) is 11.1 Å². The second-order valence-electron chi connectivity index (χ2n) is 5.05. The molecule has 2 aliphatic heterocycles. The molecule has 0 spiro atoms. The largest absolute Gasteiger partial charge is 0.492 e. The maximum atomic E-state index is 11.6. The van der Waals surface area contributed by atoms with Crippen LogP contribution in [0.1, 0.15) is 11.1 Å². The highest BCUT2D eigenvalue weighted by atomic mass is 16.5. The molecule has 0 saturated carbocycles. The Hall–Kier alpha value is -1.75. The van der Waals surface area contributed by atoms with Crippen molar-refractivity contribution in [3.63, 3.8) is 0 Å². The van der Waals surface area contributed by atoms with E-state index in [4.69, 9.17) is 4.74 Å². The first-order valence-corrected chi connectivity index (χ1v) is 6.71. The lowest BCUT2D eigenvalue weighted by molar-refractivity contribution is 0.195. The van der Waals surface area contributed by atoms with Crippen molar-refractivity contribution >= 4 is 6.03 Å². The van der Waals surface area contributed by atoms with Crippen LogP contribution in [0.4, 0.5) is 4.79 Å². The Labute approximate surface area is 112 Å². The predicted molar refractivity (Wildman–Crippen MR) is 72.3 cm³/mol. The Balaban J connectivity index is 1.74. The van der Waals surface area contributed by atoms with Crippen molar-refractivity contribution in [2.24, 2.45) is 0 Å². The van der Waals surface area contributed by atoms with Crippen LogP contribution in [0.5, 0.6) is 5.75 Å². The zero-order chi connectivity index (χ0) is 13.2. The number of nitrogens with zero attached hydrogens (tertiary/aromatic N) is 1. The van der Waals surface area contributed by atoms with Crippen molar-refractivity contribution in [3.05, 3.63) is 29.3 Å². The molecule has 0 aliphatic carbocycles. The molecule has 19 heavy (non-hydrogen) atoms. The minimum atomic E-state index is 0.0602. The van der Waals surface area contributed by atoms with E-state index < -0.39 is 0 Å². The highest BCUT2D eigenvalue weighted by Gasteiger charge is 2.34. The first-order valence-electron chi connectivity index (χ1n) is 6.71. The molecule has 2 N–H and O–H groups in total. The highest BCUT2D eigenvalue weighted by molar-refractivity contribution is 5.77. The third kappa shape index (κ3) is 2.38. The fourth-order valence-corrected chi connectivity index (χ4v) is 2.71. The number of urea groups is 1. The van der Waals surface area contributed by atoms with Gasteiger partial charge in [-0.25, -0.2) is 4.79 Å². The molecule has 0 radical (unpaired) electrons. The standard InChI is InChI=1S/C14H19N3O2/c1-15-4-5-19-13-3-2-10-9-17-12(6-11(10)7-13)8-16-14(17)18/h2-3,7,12,15H,4-6,8-9H2,1H3,(H,16,18). The molecule has 3 rings (SSSR count). The molecule has 102 valence electrons. The average molecular weight is 261 g/mol. The third-order valence-corrected chi connectivity index (χ3v) is 3.79. The molecular formula is C14H19N3O2. The van der Waals surface area contributed by atoms with Crippen molar-refractivity contribution < 1.29 is 9.53 Å². The maximum absolute atomic E-state index is 11.6. The van der Waals surface area contributed by atoms with Gasteiger partial charge in [0, 0.05) is 19.6 Å². The molecule has 5 nitrogen and oxygen atoms in total. The van der Waals surface area contributed by atoms with Gasteiger partial charge in [-0.2, -0.15) is 0 Å². The van der Waals surface area contributed by atoms with Gasteiger partial charge in [0.25, 0.3) is 0 Å². The lowest BCUT2D eigenvalue weighted by atomic mass is 9.95. The van der Waals surface area contributed by atoms with Crippen molar-refractivity contribution in [2.75, 3.05) is 26.7 Å². The van der Waals surface area contributed by atoms with Crippen molar-refractivity contribution in [1.82, 2.24) is 15.5 Å². The molecule has 2 heterocycles. The average Bonchev–Trinajstić information content (AvgIpc) is 2.78. The summed E-state index contributed by atoms with van der Waals surface area (Å²) in [6.45, 7) is 2.97. The van der Waals surface area contributed by atoms with Crippen LogP contribution in [0.3, 0.4) is 0 Å². The van der Waals surface area contributed by atoms with Crippen molar-refractivity contribution in [2.45, 2.75) is 19.0 Å². The molecule has 0 bridgehead atoms. The summed E-state index contributed by atoms with van der Waals surface area (Å²) in [5.74, 6) is 0.916. The van der Waals surface area contributed by atoms with Crippen LogP contribution in [0, 0.1) is 0 Å². The van der Waals surface area contributed by atoms with Gasteiger partial charge in [0.05, 0.1) is 6.04 Å². The number of amides is 2. The number of likely N-dealkylation sites (N-methyl/N-ethyl adjacent to an activating group) is 1. The Morgan fingerprint density at radius 1 is 1.47 bits per heavy atom. The molecule has 2 aliphatic rings. The molecule has 1 atom stereocenters. The minimum absolute atomic E-state index is 0.0602. The number of fused-ring (bicyclic) bond motifs is 2. The number of rotatable bonds is 4. The van der Waals surface area contributed by atoms with Crippen LogP contribution < -0.4 is 15.4 Å². The van der Waals surface area contributed by atoms with Crippen molar-refractivity contribution in [3.8, 4) is 5.75 Å². The van der Waals surface area contributed by atoms with Gasteiger partial charge in [0.15, 0.2) is 0 Å². The van der Waals surface area contributed by atoms with E-state index in [1.54, 1.807) is 0 Å². The van der Waals surface area contributed by atoms with Crippen LogP contribution in [0.2, 0.25) is 0 Å². The summed E-state index contributed by atoms with van der Waals surface area (Å²) < 4.78 is 5.69. The van der Waals surface area contributed by atoms with E-state index in [1.807, 2.05) is 18.0 Å². The normalized spacial score (nSPS) is 20.8. The van der Waals surface area contributed by atoms with Crippen molar-refractivity contribution in [1.29, 1.82) is 0 Å². The zero-order valence-electron chi connectivity index (χ0n) is 11.1. The van der Waals surface area contributed by atoms with Gasteiger partial charge < -0.3 is 20.3 Å². The molecule has 1 fully saturated rings. The lowest BCUT2D eigenvalue weighted by Crippen LogP contribution is -2.38. The smallest absolute Gasteiger partial charge is 0.318 e. The molecule has 1 aromatic rings. The lowest BCUT2D eigenvalue weighted by Gasteiger charge is -2.30. The summed E-state index contributed by atoms with van der Waals surface area (Å²) in [4.78, 5) is 13.6. The van der Waals surface area contributed by atoms with E-state index in [2.05, 4.69) is 22.8 Å². The fraction of sp³-hybridized carbons (Fsp3) is 0.500. The summed E-state index contributed by atoms with van der Waals surface area (Å²) in [6.07, 6.45) is 0.914. The van der Waals surface area contributed by atoms with E-state index >= 15 is 0 Å². The second kappa shape index (κ2) is 5.09. The Morgan fingerprint density at radius 3 is 3.21 bits per heavy atom. The maximum Gasteiger partial charge on any atom is 0.318 e. The van der Waals surface area contributed by atoms with Crippen LogP contribution >= 0.6 is 0 Å². The number of benzene rings is 1. The number of carbonyl (C=O) groups excluding carboxylic acids is 1. The van der Waals surface area contributed by atoms with Crippen LogP contribution in [0.25, 0.3) is 0 Å². The first-order chi connectivity index (χ1) is 9.28. The first kappa shape index (κ1) is 12.3. The monoisotopic (exact) mass is 261 g/mol. The number of hydrogen-bond donors (Lipinski definition) is 2. The summed E-state index contributed by atoms with van der Waals surface area (Å²) in [6, 6.07) is 6.54. The zero-order valence-corrected chi connectivity index (χ0v) is 11.1. The summed E-state index contributed by atoms with van der Waals surface area (Å²) in [5.41, 5.74) is 2.54. The van der Waals surface area contributed by atoms with E-state index in [0.717, 1.165) is 25.3 Å². The molecule has 1 aromatic carbocycles. The quantitative estimate of drug-likeness (QED) is 0.786. The van der Waals surface area contributed by atoms with Crippen LogP contribution in [0.15, 0.2) is 18.2 Å². The SMILES string of the molecule is CNCCOc1ccc2c(c1)CC1CNC(=O)N1C2. The molecule has 5 heteroatoms. The summed E-state index contributed by atoms with van der Waals surface area (Å²) in [7, 11) is 1.91. The van der Waals surface area contributed by atoms with E-state index in [-0.39, 0.29) is 6.03 Å². The van der Waals surface area contributed by atoms with E-state index in [0.29, 0.717) is 19.2 Å². The van der Waals surface area contributed by atoms with Gasteiger partial charge in [0.2, 0.25) is 0 Å². The van der Waals surface area contributed by atoms with Gasteiger partial charge in [-0.3, -0.25) is 0 Å². The minimum Gasteiger partial charge on any atom is -0.492 e. The molecule has 1 unspecified atom stereocenters. The van der Waals surface area contributed by atoms with Gasteiger partial charge >= 0.3 is 6.03 Å². The molecular weight excluding hydrogens is 242 g/mol. The van der Waals surface area contributed by atoms with Gasteiger partial charge in [-0.05, 0) is 36.7 Å². The highest BCUT2D eigenvalue weighted by Crippen LogP contribution is 2.28. The number of hydrogen-bond acceptors (Lipinski definition) is 3. The fourth-order valence-electron chi connectivity index (χ4n) is 2.71. The Morgan fingerprint density at radius 2 is 2.37 bits per heavy atom. The summed E-state index contributed by atoms with van der Waals surface area (Å²) >= 11 is 0. The van der Waals surface area contributed by atoms with E-state index in [9.17, 15) is 4.79 Å². The number of ether oxygens (including phenoxy) is 1. The Bertz CT molecular complexity index is 490. The van der Waals surface area contributed by atoms with Gasteiger partial charge in [-0.15, -0.1) is 0 Å². The van der Waals surface area contributed by atoms with Gasteiger partial charge in [-0.1, -0.05) is 6.07 Å². The van der Waals surface area contributed by atoms with Gasteiger partial charge in [0.1, 0.15) is 12.4 Å². The Kier molecular flexibility index (Phi) is 3.29. The number of nitrogens with one attached hydrogen (secondary N) is 2. The van der Waals surface area contributed by atoms with Crippen LogP contribution in [-0.4, -0.2) is 43.7 Å². The molecule has 0 aromatic heterocycles.